The lowest BCUT2D eigenvalue weighted by Gasteiger charge is -2.18. The number of ether oxygens (including phenoxy) is 3. The van der Waals surface area contributed by atoms with Crippen LogP contribution in [0.5, 0.6) is 0 Å². The highest BCUT2D eigenvalue weighted by Gasteiger charge is 2.44. The van der Waals surface area contributed by atoms with Crippen LogP contribution in [-0.4, -0.2) is 50.9 Å². The maximum atomic E-state index is 7.00. The molecule has 2 bridgehead atoms. The number of aliphatic hydroxyl groups is 1. The summed E-state index contributed by atoms with van der Waals surface area (Å²) in [6.45, 7) is 3.26. The average molecular weight is 294 g/mol. The van der Waals surface area contributed by atoms with E-state index in [-0.39, 0.29) is 0 Å². The SMILES string of the molecule is C(OCC1CO1)C1CO1.C1=CC2C3C=CC(C3)C2C1.CO. The summed E-state index contributed by atoms with van der Waals surface area (Å²) in [5.74, 6) is 3.82. The number of hydrogen-bond acceptors (Lipinski definition) is 4. The normalized spacial score (nSPS) is 42.8. The van der Waals surface area contributed by atoms with E-state index in [2.05, 4.69) is 24.3 Å². The van der Waals surface area contributed by atoms with Gasteiger partial charge in [0.1, 0.15) is 12.2 Å². The third-order valence-corrected chi connectivity index (χ3v) is 4.87. The summed E-state index contributed by atoms with van der Waals surface area (Å²) in [5.41, 5.74) is 0. The Kier molecular flexibility index (Phi) is 5.11. The fourth-order valence-electron chi connectivity index (χ4n) is 3.63. The number of allylic oxidation sites excluding steroid dienone is 4. The molecule has 5 aliphatic rings. The fourth-order valence-corrected chi connectivity index (χ4v) is 3.63. The van der Waals surface area contributed by atoms with Crippen LogP contribution >= 0.6 is 0 Å². The van der Waals surface area contributed by atoms with Crippen LogP contribution in [0.2, 0.25) is 0 Å². The molecule has 6 unspecified atom stereocenters. The van der Waals surface area contributed by atoms with Crippen molar-refractivity contribution in [2.45, 2.75) is 25.0 Å². The second-order valence-corrected chi connectivity index (χ2v) is 6.30. The number of rotatable bonds is 4. The van der Waals surface area contributed by atoms with Gasteiger partial charge in [0.15, 0.2) is 0 Å². The molecule has 2 saturated heterocycles. The van der Waals surface area contributed by atoms with E-state index in [1.54, 1.807) is 0 Å². The Balaban J connectivity index is 0.000000114. The first-order valence-corrected chi connectivity index (χ1v) is 8.01. The molecule has 4 nitrogen and oxygen atoms in total. The molecule has 6 atom stereocenters. The van der Waals surface area contributed by atoms with Crippen molar-refractivity contribution >= 4 is 0 Å². The molecule has 1 saturated carbocycles. The Labute approximate surface area is 126 Å². The van der Waals surface area contributed by atoms with Crippen molar-refractivity contribution in [2.24, 2.45) is 23.7 Å². The fraction of sp³-hybridized carbons (Fsp3) is 0.765. The van der Waals surface area contributed by atoms with Gasteiger partial charge in [-0.15, -0.1) is 0 Å². The summed E-state index contributed by atoms with van der Waals surface area (Å²) in [5, 5.41) is 7.00. The zero-order valence-corrected chi connectivity index (χ0v) is 12.7. The highest BCUT2D eigenvalue weighted by Crippen LogP contribution is 2.52. The van der Waals surface area contributed by atoms with E-state index in [9.17, 15) is 0 Å². The third kappa shape index (κ3) is 3.95. The second-order valence-electron chi connectivity index (χ2n) is 6.30. The minimum atomic E-state index is 0.392. The van der Waals surface area contributed by atoms with E-state index in [0.717, 1.165) is 57.2 Å². The Bertz CT molecular complexity index is 372. The van der Waals surface area contributed by atoms with Gasteiger partial charge >= 0.3 is 0 Å². The lowest BCUT2D eigenvalue weighted by Crippen LogP contribution is -2.12. The molecule has 0 amide bonds. The molecule has 3 fully saturated rings. The number of hydrogen-bond donors (Lipinski definition) is 1. The van der Waals surface area contributed by atoms with Crippen LogP contribution < -0.4 is 0 Å². The van der Waals surface area contributed by atoms with E-state index in [1.165, 1.54) is 12.8 Å². The van der Waals surface area contributed by atoms with Crippen LogP contribution in [0.3, 0.4) is 0 Å². The van der Waals surface area contributed by atoms with Crippen LogP contribution in [0, 0.1) is 23.7 Å². The van der Waals surface area contributed by atoms with Crippen LogP contribution in [0.4, 0.5) is 0 Å². The van der Waals surface area contributed by atoms with Crippen molar-refractivity contribution in [1.29, 1.82) is 0 Å². The maximum Gasteiger partial charge on any atom is 0.104 e. The topological polar surface area (TPSA) is 54.5 Å². The Morgan fingerprint density at radius 3 is 2.19 bits per heavy atom. The second kappa shape index (κ2) is 7.05. The molecule has 5 rings (SSSR count). The smallest absolute Gasteiger partial charge is 0.104 e. The van der Waals surface area contributed by atoms with Gasteiger partial charge in [0, 0.05) is 7.11 Å². The van der Waals surface area contributed by atoms with Gasteiger partial charge < -0.3 is 19.3 Å². The predicted octanol–water partition coefficient (Wildman–Crippen LogP) is 1.79. The number of epoxide rings is 2. The van der Waals surface area contributed by atoms with Gasteiger partial charge in [-0.3, -0.25) is 0 Å². The van der Waals surface area contributed by atoms with Crippen molar-refractivity contribution in [3.63, 3.8) is 0 Å². The molecular weight excluding hydrogens is 268 g/mol. The molecule has 21 heavy (non-hydrogen) atoms. The maximum absolute atomic E-state index is 7.00. The van der Waals surface area contributed by atoms with E-state index < -0.39 is 0 Å². The Morgan fingerprint density at radius 1 is 1.00 bits per heavy atom. The van der Waals surface area contributed by atoms with Crippen molar-refractivity contribution in [1.82, 2.24) is 0 Å². The molecule has 0 spiro atoms. The first-order valence-electron chi connectivity index (χ1n) is 8.01. The highest BCUT2D eigenvalue weighted by atomic mass is 16.6. The quantitative estimate of drug-likeness (QED) is 0.634. The summed E-state index contributed by atoms with van der Waals surface area (Å²) in [7, 11) is 1.00. The molecule has 118 valence electrons. The lowest BCUT2D eigenvalue weighted by atomic mass is 9.86. The van der Waals surface area contributed by atoms with Crippen molar-refractivity contribution in [2.75, 3.05) is 33.5 Å². The summed E-state index contributed by atoms with van der Waals surface area (Å²) in [6.07, 6.45) is 13.3. The Hall–Kier alpha value is -0.680. The summed E-state index contributed by atoms with van der Waals surface area (Å²) < 4.78 is 15.1. The molecule has 4 heteroatoms. The standard InChI is InChI=1S/C10H12.C6H10O3.CH4O/c1-2-9-7-4-5-8(6-7)10(9)3-1;1(5-3-8-5)7-2-6-4-9-6;1-2/h1-2,4-5,7-10H,3,6H2;5-6H,1-4H2;2H,1H3. The van der Waals surface area contributed by atoms with E-state index >= 15 is 0 Å². The van der Waals surface area contributed by atoms with Crippen molar-refractivity contribution in [3.05, 3.63) is 24.3 Å². The van der Waals surface area contributed by atoms with E-state index in [4.69, 9.17) is 19.3 Å². The van der Waals surface area contributed by atoms with Gasteiger partial charge in [0.2, 0.25) is 0 Å². The molecule has 3 aliphatic carbocycles. The van der Waals surface area contributed by atoms with Crippen molar-refractivity contribution < 1.29 is 19.3 Å². The van der Waals surface area contributed by atoms with Gasteiger partial charge in [-0.05, 0) is 36.5 Å². The predicted molar refractivity (Wildman–Crippen MR) is 79.9 cm³/mol. The van der Waals surface area contributed by atoms with E-state index in [0.29, 0.717) is 12.2 Å². The summed E-state index contributed by atoms with van der Waals surface area (Å²) in [4.78, 5) is 0. The molecule has 0 aromatic heterocycles. The van der Waals surface area contributed by atoms with Gasteiger partial charge in [-0.1, -0.05) is 24.3 Å². The number of aliphatic hydroxyl groups excluding tert-OH is 1. The highest BCUT2D eigenvalue weighted by molar-refractivity contribution is 5.21. The molecular formula is C17H26O4. The molecule has 2 heterocycles. The third-order valence-electron chi connectivity index (χ3n) is 4.87. The lowest BCUT2D eigenvalue weighted by molar-refractivity contribution is 0.102. The first-order chi connectivity index (χ1) is 10.4. The molecule has 0 aromatic rings. The van der Waals surface area contributed by atoms with Crippen LogP contribution in [0.25, 0.3) is 0 Å². The van der Waals surface area contributed by atoms with Crippen LogP contribution in [0.1, 0.15) is 12.8 Å². The van der Waals surface area contributed by atoms with Gasteiger partial charge in [-0.25, -0.2) is 0 Å². The van der Waals surface area contributed by atoms with Gasteiger partial charge in [-0.2, -0.15) is 0 Å². The summed E-state index contributed by atoms with van der Waals surface area (Å²) in [6, 6.07) is 0. The minimum absolute atomic E-state index is 0.392. The van der Waals surface area contributed by atoms with E-state index in [1.807, 2.05) is 0 Å². The minimum Gasteiger partial charge on any atom is -0.400 e. The van der Waals surface area contributed by atoms with Crippen molar-refractivity contribution in [3.8, 4) is 0 Å². The largest absolute Gasteiger partial charge is 0.400 e. The number of fused-ring (bicyclic) bond motifs is 5. The monoisotopic (exact) mass is 294 g/mol. The first kappa shape index (κ1) is 15.2. The molecule has 2 aliphatic heterocycles. The summed E-state index contributed by atoms with van der Waals surface area (Å²) >= 11 is 0. The Morgan fingerprint density at radius 2 is 1.62 bits per heavy atom. The van der Waals surface area contributed by atoms with Crippen LogP contribution in [-0.2, 0) is 14.2 Å². The van der Waals surface area contributed by atoms with Crippen LogP contribution in [0.15, 0.2) is 24.3 Å². The van der Waals surface area contributed by atoms with Gasteiger partial charge in [0.25, 0.3) is 0 Å². The molecule has 1 N–H and O–H groups in total. The average Bonchev–Trinajstić information content (AvgIpc) is 3.38. The van der Waals surface area contributed by atoms with Gasteiger partial charge in [0.05, 0.1) is 26.4 Å². The molecule has 0 radical (unpaired) electrons. The zero-order chi connectivity index (χ0) is 14.7. The zero-order valence-electron chi connectivity index (χ0n) is 12.7. The molecule has 0 aromatic carbocycles.